The molecular formula is C33H50O3. The standard InChI is InChI=1S/C33H50O3/c1-10-32(11-2,12-3)22-25-20-24(21-26(29(25)34)23-33(13-4,14-5)15-6)30(35)36-28-19-17-16-18-27(28)31(7,8)9/h16-21,34H,10-15,22-23H2,1-9H3. The van der Waals surface area contributed by atoms with Gasteiger partial charge in [-0.15, -0.1) is 0 Å². The lowest BCUT2D eigenvalue weighted by molar-refractivity contribution is 0.0731. The van der Waals surface area contributed by atoms with Gasteiger partial charge < -0.3 is 9.84 Å². The molecule has 2 aromatic carbocycles. The van der Waals surface area contributed by atoms with E-state index < -0.39 is 0 Å². The number of hydrogen-bond acceptors (Lipinski definition) is 3. The van der Waals surface area contributed by atoms with Crippen LogP contribution in [0.25, 0.3) is 0 Å². The van der Waals surface area contributed by atoms with Gasteiger partial charge in [-0.05, 0) is 58.4 Å². The first-order valence-corrected chi connectivity index (χ1v) is 14.1. The van der Waals surface area contributed by atoms with E-state index in [1.165, 1.54) is 0 Å². The highest BCUT2D eigenvalue weighted by molar-refractivity contribution is 5.92. The molecule has 36 heavy (non-hydrogen) atoms. The molecule has 0 aliphatic carbocycles. The molecular weight excluding hydrogens is 444 g/mol. The Bertz CT molecular complexity index is 944. The van der Waals surface area contributed by atoms with Crippen molar-refractivity contribution >= 4 is 5.97 Å². The van der Waals surface area contributed by atoms with Gasteiger partial charge in [0.05, 0.1) is 5.56 Å². The maximum atomic E-state index is 13.6. The fourth-order valence-corrected chi connectivity index (χ4v) is 5.54. The Morgan fingerprint density at radius 1 is 0.750 bits per heavy atom. The zero-order valence-corrected chi connectivity index (χ0v) is 24.4. The van der Waals surface area contributed by atoms with Crippen LogP contribution in [0.15, 0.2) is 36.4 Å². The lowest BCUT2D eigenvalue weighted by atomic mass is 9.72. The Kier molecular flexibility index (Phi) is 10.2. The van der Waals surface area contributed by atoms with Gasteiger partial charge in [-0.2, -0.15) is 0 Å². The van der Waals surface area contributed by atoms with Gasteiger partial charge in [-0.3, -0.25) is 0 Å². The van der Waals surface area contributed by atoms with Crippen LogP contribution in [0.3, 0.4) is 0 Å². The summed E-state index contributed by atoms with van der Waals surface area (Å²) in [4.78, 5) is 13.6. The van der Waals surface area contributed by atoms with Gasteiger partial charge in [-0.25, -0.2) is 4.79 Å². The summed E-state index contributed by atoms with van der Waals surface area (Å²) in [6.45, 7) is 19.7. The molecule has 200 valence electrons. The molecule has 0 heterocycles. The third-order valence-corrected chi connectivity index (χ3v) is 9.03. The summed E-state index contributed by atoms with van der Waals surface area (Å²) >= 11 is 0. The van der Waals surface area contributed by atoms with Crippen molar-refractivity contribution in [1.29, 1.82) is 0 Å². The van der Waals surface area contributed by atoms with Crippen LogP contribution in [-0.2, 0) is 18.3 Å². The van der Waals surface area contributed by atoms with E-state index in [1.54, 1.807) is 0 Å². The molecule has 0 aromatic heterocycles. The van der Waals surface area contributed by atoms with Crippen molar-refractivity contribution in [3.8, 4) is 11.5 Å². The number of aromatic hydroxyl groups is 1. The normalized spacial score (nSPS) is 12.6. The summed E-state index contributed by atoms with van der Waals surface area (Å²) in [6, 6.07) is 11.5. The summed E-state index contributed by atoms with van der Waals surface area (Å²) < 4.78 is 6.01. The third-order valence-electron chi connectivity index (χ3n) is 9.03. The van der Waals surface area contributed by atoms with Gasteiger partial charge in [0.25, 0.3) is 0 Å². The van der Waals surface area contributed by atoms with Crippen LogP contribution < -0.4 is 4.74 Å². The smallest absolute Gasteiger partial charge is 0.343 e. The summed E-state index contributed by atoms with van der Waals surface area (Å²) in [6.07, 6.45) is 7.71. The Morgan fingerprint density at radius 2 is 1.17 bits per heavy atom. The quantitative estimate of drug-likeness (QED) is 0.236. The van der Waals surface area contributed by atoms with Gasteiger partial charge in [0.15, 0.2) is 0 Å². The Morgan fingerprint density at radius 3 is 1.56 bits per heavy atom. The topological polar surface area (TPSA) is 46.5 Å². The molecule has 0 aliphatic rings. The van der Waals surface area contributed by atoms with E-state index in [2.05, 4.69) is 62.3 Å². The lowest BCUT2D eigenvalue weighted by Gasteiger charge is -2.33. The van der Waals surface area contributed by atoms with Gasteiger partial charge in [0, 0.05) is 5.56 Å². The molecule has 0 saturated carbocycles. The van der Waals surface area contributed by atoms with Crippen molar-refractivity contribution < 1.29 is 14.6 Å². The van der Waals surface area contributed by atoms with Crippen molar-refractivity contribution in [3.05, 3.63) is 58.7 Å². The number of para-hydroxylation sites is 1. The molecule has 0 radical (unpaired) electrons. The third kappa shape index (κ3) is 6.72. The van der Waals surface area contributed by atoms with Crippen LogP contribution in [0.4, 0.5) is 0 Å². The molecule has 3 heteroatoms. The average Bonchev–Trinajstić information content (AvgIpc) is 2.87. The predicted octanol–water partition coefficient (Wildman–Crippen LogP) is 9.43. The lowest BCUT2D eigenvalue weighted by Crippen LogP contribution is -2.24. The molecule has 2 rings (SSSR count). The second kappa shape index (κ2) is 12.3. The summed E-state index contributed by atoms with van der Waals surface area (Å²) in [7, 11) is 0. The number of carbonyl (C=O) groups is 1. The first-order chi connectivity index (χ1) is 16.9. The highest BCUT2D eigenvalue weighted by Crippen LogP contribution is 2.42. The molecule has 0 spiro atoms. The van der Waals surface area contributed by atoms with Gasteiger partial charge in [0.2, 0.25) is 0 Å². The Hall–Kier alpha value is -2.29. The molecule has 3 nitrogen and oxygen atoms in total. The minimum Gasteiger partial charge on any atom is -0.507 e. The number of rotatable bonds is 12. The highest BCUT2D eigenvalue weighted by Gasteiger charge is 2.31. The molecule has 0 saturated heterocycles. The van der Waals surface area contributed by atoms with Crippen LogP contribution in [0.2, 0.25) is 0 Å². The van der Waals surface area contributed by atoms with Gasteiger partial charge in [-0.1, -0.05) is 119 Å². The van der Waals surface area contributed by atoms with Crippen molar-refractivity contribution in [2.45, 2.75) is 119 Å². The van der Waals surface area contributed by atoms with Gasteiger partial charge >= 0.3 is 5.97 Å². The average molecular weight is 495 g/mol. The van der Waals surface area contributed by atoms with Crippen LogP contribution in [0.1, 0.15) is 128 Å². The second-order valence-corrected chi connectivity index (χ2v) is 11.8. The Labute approximate surface area is 220 Å². The van der Waals surface area contributed by atoms with Crippen LogP contribution in [0.5, 0.6) is 11.5 Å². The van der Waals surface area contributed by atoms with E-state index in [0.29, 0.717) is 17.1 Å². The molecule has 0 atom stereocenters. The van der Waals surface area contributed by atoms with Crippen LogP contribution in [-0.4, -0.2) is 11.1 Å². The number of carbonyl (C=O) groups excluding carboxylic acids is 1. The number of phenols is 1. The maximum Gasteiger partial charge on any atom is 0.343 e. The maximum absolute atomic E-state index is 13.6. The molecule has 0 unspecified atom stereocenters. The van der Waals surface area contributed by atoms with E-state index in [0.717, 1.165) is 68.1 Å². The van der Waals surface area contributed by atoms with Crippen molar-refractivity contribution in [2.24, 2.45) is 10.8 Å². The monoisotopic (exact) mass is 494 g/mol. The highest BCUT2D eigenvalue weighted by atomic mass is 16.5. The van der Waals surface area contributed by atoms with Crippen molar-refractivity contribution in [2.75, 3.05) is 0 Å². The van der Waals surface area contributed by atoms with Crippen LogP contribution in [0, 0.1) is 10.8 Å². The van der Waals surface area contributed by atoms with E-state index in [1.807, 2.05) is 36.4 Å². The summed E-state index contributed by atoms with van der Waals surface area (Å²) in [5, 5.41) is 11.5. The number of ether oxygens (including phenoxy) is 1. The SMILES string of the molecule is CCC(CC)(CC)Cc1cc(C(=O)Oc2ccccc2C(C)(C)C)cc(CC(CC)(CC)CC)c1O. The van der Waals surface area contributed by atoms with Crippen molar-refractivity contribution in [1.82, 2.24) is 0 Å². The number of hydrogen-bond donors (Lipinski definition) is 1. The second-order valence-electron chi connectivity index (χ2n) is 11.8. The minimum absolute atomic E-state index is 0.105. The first-order valence-electron chi connectivity index (χ1n) is 14.1. The predicted molar refractivity (Wildman–Crippen MR) is 152 cm³/mol. The molecule has 1 N–H and O–H groups in total. The van der Waals surface area contributed by atoms with E-state index >= 15 is 0 Å². The number of esters is 1. The molecule has 0 aliphatic heterocycles. The summed E-state index contributed by atoms with van der Waals surface area (Å²) in [5.41, 5.74) is 3.32. The molecule has 2 aromatic rings. The largest absolute Gasteiger partial charge is 0.507 e. The first kappa shape index (κ1) is 29.9. The van der Waals surface area contributed by atoms with Gasteiger partial charge in [0.1, 0.15) is 11.5 Å². The fourth-order valence-electron chi connectivity index (χ4n) is 5.54. The van der Waals surface area contributed by atoms with Crippen molar-refractivity contribution in [3.63, 3.8) is 0 Å². The number of benzene rings is 2. The Balaban J connectivity index is 2.61. The van der Waals surface area contributed by atoms with E-state index in [4.69, 9.17) is 4.74 Å². The molecule has 0 fully saturated rings. The van der Waals surface area contributed by atoms with Crippen LogP contribution >= 0.6 is 0 Å². The zero-order valence-electron chi connectivity index (χ0n) is 24.4. The zero-order chi connectivity index (χ0) is 27.1. The summed E-state index contributed by atoms with van der Waals surface area (Å²) in [5.74, 6) is 0.599. The fraction of sp³-hybridized carbons (Fsp3) is 0.606. The minimum atomic E-state index is -0.362. The van der Waals surface area contributed by atoms with E-state index in [-0.39, 0.29) is 22.2 Å². The molecule has 0 amide bonds. The number of phenolic OH excluding ortho intramolecular Hbond substituents is 1. The molecule has 0 bridgehead atoms. The van der Waals surface area contributed by atoms with E-state index in [9.17, 15) is 9.90 Å².